The molecule has 0 aromatic heterocycles. The molecule has 0 aliphatic heterocycles. The van der Waals surface area contributed by atoms with Crippen molar-refractivity contribution in [2.45, 2.75) is 52.4 Å². The molecule has 1 N–H and O–H groups in total. The Kier molecular flexibility index (Phi) is 3.27. The van der Waals surface area contributed by atoms with E-state index in [1.54, 1.807) is 6.92 Å². The average molecular weight is 264 g/mol. The summed E-state index contributed by atoms with van der Waals surface area (Å²) in [6.45, 7) is 4.27. The van der Waals surface area contributed by atoms with E-state index in [0.717, 1.165) is 23.5 Å². The van der Waals surface area contributed by atoms with Gasteiger partial charge in [0.25, 0.3) is 0 Å². The van der Waals surface area contributed by atoms with Crippen molar-refractivity contribution in [2.24, 2.45) is 28.3 Å². The molecule has 1 amide bonds. The number of rotatable bonds is 3. The number of nitrogens with zero attached hydrogens (tertiary/aromatic N) is 1. The minimum Gasteiger partial charge on any atom is -0.449 e. The highest BCUT2D eigenvalue weighted by atomic mass is 16.5. The van der Waals surface area contributed by atoms with Crippen LogP contribution in [0.5, 0.6) is 0 Å². The van der Waals surface area contributed by atoms with Gasteiger partial charge in [-0.3, -0.25) is 0 Å². The molecule has 19 heavy (non-hydrogen) atoms. The second-order valence-electron chi connectivity index (χ2n) is 6.73. The number of hydrogen-bond donors (Lipinski definition) is 1. The van der Waals surface area contributed by atoms with Crippen LogP contribution < -0.4 is 5.43 Å². The maximum absolute atomic E-state index is 11.3. The van der Waals surface area contributed by atoms with Gasteiger partial charge in [-0.2, -0.15) is 5.10 Å². The highest BCUT2D eigenvalue weighted by Gasteiger charge is 2.52. The van der Waals surface area contributed by atoms with E-state index in [4.69, 9.17) is 4.74 Å². The molecule has 0 aromatic carbocycles. The number of ether oxygens (including phenoxy) is 1. The maximum atomic E-state index is 11.3. The van der Waals surface area contributed by atoms with Gasteiger partial charge in [0.15, 0.2) is 0 Å². The predicted octanol–water partition coefficient (Wildman–Crippen LogP) is 3.32. The van der Waals surface area contributed by atoms with E-state index in [-0.39, 0.29) is 5.41 Å². The van der Waals surface area contributed by atoms with Crippen LogP contribution in [0.25, 0.3) is 0 Å². The Morgan fingerprint density at radius 1 is 1.21 bits per heavy atom. The van der Waals surface area contributed by atoms with Crippen LogP contribution in [0.1, 0.15) is 52.4 Å². The molecule has 0 saturated heterocycles. The summed E-state index contributed by atoms with van der Waals surface area (Å²) in [4.78, 5) is 11.3. The standard InChI is InChI=1S/C15H24N2O2/c1-3-19-14(18)17-16-10(2)15-7-11-4-12(8-15)6-13(5-11)9-15/h11-13H,3-9H2,1-2H3,(H,17,18). The van der Waals surface area contributed by atoms with Crippen molar-refractivity contribution >= 4 is 11.8 Å². The minimum atomic E-state index is -0.438. The van der Waals surface area contributed by atoms with Crippen LogP contribution in [0.4, 0.5) is 4.79 Å². The van der Waals surface area contributed by atoms with E-state index in [9.17, 15) is 4.79 Å². The summed E-state index contributed by atoms with van der Waals surface area (Å²) in [6, 6.07) is 0. The fourth-order valence-corrected chi connectivity index (χ4v) is 4.97. The van der Waals surface area contributed by atoms with Gasteiger partial charge in [-0.25, -0.2) is 10.2 Å². The van der Waals surface area contributed by atoms with E-state index in [1.165, 1.54) is 38.5 Å². The molecule has 4 nitrogen and oxygen atoms in total. The van der Waals surface area contributed by atoms with Gasteiger partial charge in [0.2, 0.25) is 0 Å². The summed E-state index contributed by atoms with van der Waals surface area (Å²) in [5.74, 6) is 2.71. The number of carbonyl (C=O) groups is 1. The third-order valence-electron chi connectivity index (χ3n) is 5.40. The molecule has 0 atom stereocenters. The zero-order valence-corrected chi connectivity index (χ0v) is 11.9. The van der Waals surface area contributed by atoms with Crippen LogP contribution in [0.2, 0.25) is 0 Å². The molecule has 4 aliphatic carbocycles. The molecule has 4 rings (SSSR count). The molecule has 4 heteroatoms. The quantitative estimate of drug-likeness (QED) is 0.628. The van der Waals surface area contributed by atoms with Crippen LogP contribution in [0.3, 0.4) is 0 Å². The molecule has 0 unspecified atom stereocenters. The lowest BCUT2D eigenvalue weighted by molar-refractivity contribution is -0.0128. The topological polar surface area (TPSA) is 50.7 Å². The monoisotopic (exact) mass is 264 g/mol. The van der Waals surface area contributed by atoms with Gasteiger partial charge in [0.1, 0.15) is 0 Å². The predicted molar refractivity (Wildman–Crippen MR) is 73.9 cm³/mol. The van der Waals surface area contributed by atoms with Gasteiger partial charge in [-0.1, -0.05) is 0 Å². The summed E-state index contributed by atoms with van der Waals surface area (Å²) in [6.07, 6.45) is 7.68. The van der Waals surface area contributed by atoms with Gasteiger partial charge in [-0.15, -0.1) is 0 Å². The number of amides is 1. The first-order chi connectivity index (χ1) is 9.11. The van der Waals surface area contributed by atoms with Crippen molar-refractivity contribution in [3.05, 3.63) is 0 Å². The molecule has 4 saturated carbocycles. The SMILES string of the molecule is CCOC(=O)NN=C(C)C12CC3CC(CC(C3)C1)C2. The summed E-state index contributed by atoms with van der Waals surface area (Å²) >= 11 is 0. The first-order valence-corrected chi connectivity index (χ1v) is 7.59. The molecular formula is C15H24N2O2. The Morgan fingerprint density at radius 2 is 1.74 bits per heavy atom. The lowest BCUT2D eigenvalue weighted by Gasteiger charge is -2.56. The largest absolute Gasteiger partial charge is 0.449 e. The van der Waals surface area contributed by atoms with Crippen LogP contribution in [0, 0.1) is 23.2 Å². The van der Waals surface area contributed by atoms with Crippen molar-refractivity contribution in [2.75, 3.05) is 6.61 Å². The van der Waals surface area contributed by atoms with Crippen molar-refractivity contribution in [1.82, 2.24) is 5.43 Å². The molecule has 4 aliphatic rings. The lowest BCUT2D eigenvalue weighted by atomic mass is 9.48. The second kappa shape index (κ2) is 4.80. The van der Waals surface area contributed by atoms with E-state index in [2.05, 4.69) is 17.5 Å². The van der Waals surface area contributed by atoms with Crippen molar-refractivity contribution in [1.29, 1.82) is 0 Å². The van der Waals surface area contributed by atoms with Gasteiger partial charge in [0.05, 0.1) is 6.61 Å². The second-order valence-corrected chi connectivity index (χ2v) is 6.73. The molecule has 4 fully saturated rings. The average Bonchev–Trinajstić information content (AvgIpc) is 2.34. The van der Waals surface area contributed by atoms with Crippen molar-refractivity contribution in [3.63, 3.8) is 0 Å². The van der Waals surface area contributed by atoms with Crippen molar-refractivity contribution < 1.29 is 9.53 Å². The summed E-state index contributed by atoms with van der Waals surface area (Å²) in [5, 5.41) is 4.32. The molecular weight excluding hydrogens is 240 g/mol. The molecule has 0 radical (unpaired) electrons. The number of nitrogens with one attached hydrogen (secondary N) is 1. The zero-order chi connectivity index (χ0) is 13.5. The first-order valence-electron chi connectivity index (χ1n) is 7.59. The molecule has 0 heterocycles. The highest BCUT2D eigenvalue weighted by molar-refractivity contribution is 5.89. The Morgan fingerprint density at radius 3 is 2.21 bits per heavy atom. The third-order valence-corrected chi connectivity index (χ3v) is 5.40. The van der Waals surface area contributed by atoms with Gasteiger partial charge in [-0.05, 0) is 70.1 Å². The van der Waals surface area contributed by atoms with E-state index < -0.39 is 6.09 Å². The summed E-state index contributed by atoms with van der Waals surface area (Å²) in [7, 11) is 0. The maximum Gasteiger partial charge on any atom is 0.427 e. The highest BCUT2D eigenvalue weighted by Crippen LogP contribution is 2.60. The lowest BCUT2D eigenvalue weighted by Crippen LogP contribution is -2.49. The third kappa shape index (κ3) is 2.37. The van der Waals surface area contributed by atoms with Crippen LogP contribution in [-0.2, 0) is 4.74 Å². The molecule has 4 bridgehead atoms. The fraction of sp³-hybridized carbons (Fsp3) is 0.867. The van der Waals surface area contributed by atoms with E-state index in [0.29, 0.717) is 6.61 Å². The van der Waals surface area contributed by atoms with Gasteiger partial charge in [0, 0.05) is 11.1 Å². The Labute approximate surface area is 115 Å². The molecule has 0 aromatic rings. The van der Waals surface area contributed by atoms with Gasteiger partial charge >= 0.3 is 6.09 Å². The Balaban J connectivity index is 1.70. The Hall–Kier alpha value is -1.06. The van der Waals surface area contributed by atoms with E-state index in [1.807, 2.05) is 0 Å². The number of carbonyl (C=O) groups excluding carboxylic acids is 1. The minimum absolute atomic E-state index is 0.272. The summed E-state index contributed by atoms with van der Waals surface area (Å²) < 4.78 is 4.85. The molecule has 0 spiro atoms. The number of hydrogen-bond acceptors (Lipinski definition) is 3. The zero-order valence-electron chi connectivity index (χ0n) is 11.9. The van der Waals surface area contributed by atoms with Crippen LogP contribution >= 0.6 is 0 Å². The number of hydrazone groups is 1. The Bertz CT molecular complexity index is 368. The first kappa shape index (κ1) is 12.9. The smallest absolute Gasteiger partial charge is 0.427 e. The molecule has 106 valence electrons. The van der Waals surface area contributed by atoms with Gasteiger partial charge < -0.3 is 4.74 Å². The van der Waals surface area contributed by atoms with Crippen molar-refractivity contribution in [3.8, 4) is 0 Å². The van der Waals surface area contributed by atoms with Crippen LogP contribution in [0.15, 0.2) is 5.10 Å². The fourth-order valence-electron chi connectivity index (χ4n) is 4.97. The van der Waals surface area contributed by atoms with E-state index >= 15 is 0 Å². The normalized spacial score (nSPS) is 40.3. The van der Waals surface area contributed by atoms with Crippen LogP contribution in [-0.4, -0.2) is 18.4 Å². The summed E-state index contributed by atoms with van der Waals surface area (Å²) in [5.41, 5.74) is 3.92.